The van der Waals surface area contributed by atoms with Crippen molar-refractivity contribution < 1.29 is 22.4 Å². The molecular weight excluding hydrogens is 562 g/mol. The van der Waals surface area contributed by atoms with Gasteiger partial charge in [-0.05, 0) is 75.1 Å². The van der Waals surface area contributed by atoms with Crippen molar-refractivity contribution in [2.75, 3.05) is 32.5 Å². The predicted octanol–water partition coefficient (Wildman–Crippen LogP) is 6.74. The number of likely N-dealkylation sites (N-methyl/N-ethyl adjacent to an activating group) is 1. The molecule has 0 aliphatic rings. The standard InChI is InChI=1S/C29H28ClF4N5O2/c1-4-25(38(16-15-37(2)3)28(41)35-19-11-9-18(10-12-19)29(32,33)34)26-36-24-8-6-5-7-21(24)27(40)39(26)20-13-14-23(31)22(30)17-20/h5-14,17,25H,4,15-16H2,1-3H3,(H,35,41). The Labute approximate surface area is 239 Å². The molecule has 41 heavy (non-hydrogen) atoms. The number of rotatable bonds is 8. The summed E-state index contributed by atoms with van der Waals surface area (Å²) in [7, 11) is 3.66. The summed E-state index contributed by atoms with van der Waals surface area (Å²) in [5.41, 5.74) is -0.423. The quantitative estimate of drug-likeness (QED) is 0.231. The number of nitrogens with one attached hydrogen (secondary N) is 1. The fourth-order valence-electron chi connectivity index (χ4n) is 4.43. The maximum Gasteiger partial charge on any atom is 0.416 e. The van der Waals surface area contributed by atoms with Crippen molar-refractivity contribution in [3.8, 4) is 5.69 Å². The summed E-state index contributed by atoms with van der Waals surface area (Å²) in [5.74, 6) is -0.436. The highest BCUT2D eigenvalue weighted by molar-refractivity contribution is 6.30. The molecule has 12 heteroatoms. The molecule has 0 radical (unpaired) electrons. The van der Waals surface area contributed by atoms with Crippen LogP contribution < -0.4 is 10.9 Å². The number of amides is 2. The summed E-state index contributed by atoms with van der Waals surface area (Å²) in [6, 6.07) is 13.4. The number of carbonyl (C=O) groups excluding carboxylic acids is 1. The highest BCUT2D eigenvalue weighted by Gasteiger charge is 2.31. The van der Waals surface area contributed by atoms with Crippen LogP contribution >= 0.6 is 11.6 Å². The molecule has 3 aromatic carbocycles. The minimum Gasteiger partial charge on any atom is -0.313 e. The van der Waals surface area contributed by atoms with Crippen LogP contribution in [0.25, 0.3) is 16.6 Å². The Morgan fingerprint density at radius 2 is 1.73 bits per heavy atom. The average Bonchev–Trinajstić information content (AvgIpc) is 2.92. The van der Waals surface area contributed by atoms with Crippen LogP contribution in [0.5, 0.6) is 0 Å². The van der Waals surface area contributed by atoms with Gasteiger partial charge in [0, 0.05) is 18.8 Å². The first-order valence-corrected chi connectivity index (χ1v) is 13.1. The number of hydrogen-bond donors (Lipinski definition) is 1. The van der Waals surface area contributed by atoms with Gasteiger partial charge in [-0.25, -0.2) is 14.2 Å². The molecule has 216 valence electrons. The molecule has 1 atom stereocenters. The monoisotopic (exact) mass is 589 g/mol. The number of urea groups is 1. The van der Waals surface area contributed by atoms with E-state index < -0.39 is 35.2 Å². The summed E-state index contributed by atoms with van der Waals surface area (Å²) < 4.78 is 54.4. The molecule has 0 saturated heterocycles. The lowest BCUT2D eigenvalue weighted by Gasteiger charge is -2.33. The van der Waals surface area contributed by atoms with Gasteiger partial charge in [-0.3, -0.25) is 9.36 Å². The zero-order valence-electron chi connectivity index (χ0n) is 22.5. The third kappa shape index (κ3) is 6.68. The van der Waals surface area contributed by atoms with Gasteiger partial charge in [0.1, 0.15) is 11.6 Å². The van der Waals surface area contributed by atoms with Crippen molar-refractivity contribution in [1.82, 2.24) is 19.4 Å². The van der Waals surface area contributed by atoms with Gasteiger partial charge in [-0.2, -0.15) is 13.2 Å². The Morgan fingerprint density at radius 1 is 1.05 bits per heavy atom. The largest absolute Gasteiger partial charge is 0.416 e. The summed E-state index contributed by atoms with van der Waals surface area (Å²) >= 11 is 6.07. The molecule has 0 aliphatic carbocycles. The van der Waals surface area contributed by atoms with Gasteiger partial charge in [-0.15, -0.1) is 0 Å². The number of para-hydroxylation sites is 1. The Morgan fingerprint density at radius 3 is 2.34 bits per heavy atom. The molecule has 1 N–H and O–H groups in total. The zero-order valence-corrected chi connectivity index (χ0v) is 23.3. The number of benzene rings is 3. The molecule has 7 nitrogen and oxygen atoms in total. The fourth-order valence-corrected chi connectivity index (χ4v) is 4.61. The third-order valence-electron chi connectivity index (χ3n) is 6.54. The second kappa shape index (κ2) is 12.3. The first-order chi connectivity index (χ1) is 19.4. The zero-order chi connectivity index (χ0) is 29.9. The van der Waals surface area contributed by atoms with Crippen LogP contribution in [0.1, 0.15) is 30.8 Å². The minimum absolute atomic E-state index is 0.168. The SMILES string of the molecule is CCC(c1nc2ccccc2c(=O)n1-c1ccc(F)c(Cl)c1)N(CCN(C)C)C(=O)Nc1ccc(C(F)(F)F)cc1. The lowest BCUT2D eigenvalue weighted by molar-refractivity contribution is -0.137. The van der Waals surface area contributed by atoms with Crippen LogP contribution in [-0.2, 0) is 6.18 Å². The smallest absolute Gasteiger partial charge is 0.313 e. The molecule has 0 bridgehead atoms. The third-order valence-corrected chi connectivity index (χ3v) is 6.83. The van der Waals surface area contributed by atoms with Crippen molar-refractivity contribution in [3.05, 3.63) is 99.3 Å². The predicted molar refractivity (Wildman–Crippen MR) is 151 cm³/mol. The van der Waals surface area contributed by atoms with Gasteiger partial charge < -0.3 is 15.1 Å². The summed E-state index contributed by atoms with van der Waals surface area (Å²) in [6.45, 7) is 2.46. The van der Waals surface area contributed by atoms with Gasteiger partial charge in [0.15, 0.2) is 0 Å². The highest BCUT2D eigenvalue weighted by Crippen LogP contribution is 2.31. The molecule has 4 aromatic rings. The first kappa shape index (κ1) is 30.0. The maximum absolute atomic E-state index is 14.0. The van der Waals surface area contributed by atoms with Gasteiger partial charge in [-0.1, -0.05) is 30.7 Å². The normalized spacial score (nSPS) is 12.5. The van der Waals surface area contributed by atoms with Gasteiger partial charge >= 0.3 is 12.2 Å². The molecular formula is C29H28ClF4N5O2. The molecule has 0 saturated carbocycles. The number of aromatic nitrogens is 2. The van der Waals surface area contributed by atoms with E-state index in [0.717, 1.165) is 18.2 Å². The summed E-state index contributed by atoms with van der Waals surface area (Å²) in [4.78, 5) is 35.6. The van der Waals surface area contributed by atoms with Gasteiger partial charge in [0.2, 0.25) is 0 Å². The number of carbonyl (C=O) groups is 1. The lowest BCUT2D eigenvalue weighted by Crippen LogP contribution is -2.43. The number of nitrogens with zero attached hydrogens (tertiary/aromatic N) is 4. The molecule has 0 fully saturated rings. The van der Waals surface area contributed by atoms with Crippen LogP contribution in [0.4, 0.5) is 28.0 Å². The number of halogens is 5. The van der Waals surface area contributed by atoms with Crippen molar-refractivity contribution in [2.45, 2.75) is 25.6 Å². The van der Waals surface area contributed by atoms with E-state index in [-0.39, 0.29) is 28.8 Å². The van der Waals surface area contributed by atoms with E-state index in [1.54, 1.807) is 24.3 Å². The van der Waals surface area contributed by atoms with E-state index in [9.17, 15) is 27.2 Å². The van der Waals surface area contributed by atoms with Crippen LogP contribution in [0, 0.1) is 5.82 Å². The van der Waals surface area contributed by atoms with Crippen LogP contribution in [0.2, 0.25) is 5.02 Å². The Hall–Kier alpha value is -3.96. The Bertz CT molecular complexity index is 1610. The van der Waals surface area contributed by atoms with E-state index in [1.807, 2.05) is 25.9 Å². The Kier molecular flexibility index (Phi) is 8.98. The van der Waals surface area contributed by atoms with Crippen LogP contribution in [-0.4, -0.2) is 52.6 Å². The van der Waals surface area contributed by atoms with Crippen LogP contribution in [0.15, 0.2) is 71.5 Å². The molecule has 4 rings (SSSR count). The number of fused-ring (bicyclic) bond motifs is 1. The second-order valence-corrected chi connectivity index (χ2v) is 10.1. The van der Waals surface area contributed by atoms with Crippen molar-refractivity contribution in [3.63, 3.8) is 0 Å². The number of anilines is 1. The van der Waals surface area contributed by atoms with E-state index in [2.05, 4.69) is 5.32 Å². The number of alkyl halides is 3. The van der Waals surface area contributed by atoms with Crippen molar-refractivity contribution in [1.29, 1.82) is 0 Å². The molecule has 1 aromatic heterocycles. The molecule has 1 heterocycles. The molecule has 2 amide bonds. The van der Waals surface area contributed by atoms with Crippen molar-refractivity contribution in [2.24, 2.45) is 0 Å². The van der Waals surface area contributed by atoms with E-state index in [1.165, 1.54) is 33.7 Å². The fraction of sp³-hybridized carbons (Fsp3) is 0.276. The maximum atomic E-state index is 14.0. The average molecular weight is 590 g/mol. The van der Waals surface area contributed by atoms with E-state index >= 15 is 0 Å². The Balaban J connectivity index is 1.83. The minimum atomic E-state index is -4.51. The molecule has 1 unspecified atom stereocenters. The topological polar surface area (TPSA) is 70.5 Å². The lowest BCUT2D eigenvalue weighted by atomic mass is 10.1. The van der Waals surface area contributed by atoms with Crippen LogP contribution in [0.3, 0.4) is 0 Å². The molecule has 0 spiro atoms. The van der Waals surface area contributed by atoms with Gasteiger partial charge in [0.05, 0.1) is 33.2 Å². The highest BCUT2D eigenvalue weighted by atomic mass is 35.5. The second-order valence-electron chi connectivity index (χ2n) is 9.65. The molecule has 0 aliphatic heterocycles. The van der Waals surface area contributed by atoms with E-state index in [4.69, 9.17) is 16.6 Å². The van der Waals surface area contributed by atoms with Gasteiger partial charge in [0.25, 0.3) is 5.56 Å². The van der Waals surface area contributed by atoms with Crippen molar-refractivity contribution >= 4 is 34.2 Å². The first-order valence-electron chi connectivity index (χ1n) is 12.8. The summed E-state index contributed by atoms with van der Waals surface area (Å²) in [5, 5.41) is 2.80. The summed E-state index contributed by atoms with van der Waals surface area (Å²) in [6.07, 6.45) is -4.18. The number of hydrogen-bond acceptors (Lipinski definition) is 4. The van der Waals surface area contributed by atoms with E-state index in [0.29, 0.717) is 23.9 Å².